The fraction of sp³-hybridized carbons (Fsp3) is 0. The number of nitrogens with zero attached hydrogens (tertiary/aromatic N) is 1. The second-order valence-corrected chi connectivity index (χ2v) is 3.46. The summed E-state index contributed by atoms with van der Waals surface area (Å²) >= 11 is 0. The average molecular weight is 218 g/mol. The zero-order chi connectivity index (χ0) is 11.3. The highest BCUT2D eigenvalue weighted by molar-refractivity contribution is 6.08. The molecule has 0 amide bonds. The predicted molar refractivity (Wildman–Crippen MR) is 57.6 cm³/mol. The monoisotopic (exact) mass is 218 g/mol. The number of aromatic nitrogens is 1. The van der Waals surface area contributed by atoms with Crippen LogP contribution in [0.2, 0.25) is 0 Å². The Bertz CT molecular complexity index is 706. The molecular weight excluding hydrogens is 211 g/mol. The number of aromatic hydroxyl groups is 1. The summed E-state index contributed by atoms with van der Waals surface area (Å²) in [6.07, 6.45) is 1.28. The molecule has 0 atom stereocenters. The van der Waals surface area contributed by atoms with Crippen molar-refractivity contribution >= 4 is 27.5 Å². The second-order valence-electron chi connectivity index (χ2n) is 3.46. The van der Waals surface area contributed by atoms with Gasteiger partial charge in [0.15, 0.2) is 0 Å². The zero-order valence-corrected chi connectivity index (χ0v) is 8.07. The molecule has 0 saturated heterocycles. The highest BCUT2D eigenvalue weighted by Gasteiger charge is 2.15. The quantitative estimate of drug-likeness (QED) is 0.607. The van der Waals surface area contributed by atoms with E-state index in [2.05, 4.69) is 4.98 Å². The summed E-state index contributed by atoms with van der Waals surface area (Å²) in [5.41, 5.74) is 6.79. The fourth-order valence-electron chi connectivity index (χ4n) is 1.80. The maximum atomic E-state index is 13.6. The maximum Gasteiger partial charge on any atom is 0.293 e. The second kappa shape index (κ2) is 2.85. The summed E-state index contributed by atoms with van der Waals surface area (Å²) in [5, 5.41) is 9.88. The fourth-order valence-corrected chi connectivity index (χ4v) is 1.80. The first kappa shape index (κ1) is 8.96. The molecule has 80 valence electrons. The van der Waals surface area contributed by atoms with Gasteiger partial charge in [-0.15, -0.1) is 0 Å². The Morgan fingerprint density at radius 3 is 2.88 bits per heavy atom. The molecule has 0 saturated carbocycles. The number of fused-ring (bicyclic) bond motifs is 2. The lowest BCUT2D eigenvalue weighted by Gasteiger charge is -2.03. The van der Waals surface area contributed by atoms with E-state index in [0.29, 0.717) is 11.0 Å². The van der Waals surface area contributed by atoms with Crippen LogP contribution < -0.4 is 5.73 Å². The molecule has 4 nitrogen and oxygen atoms in total. The average Bonchev–Trinajstić information content (AvgIpc) is 2.60. The van der Waals surface area contributed by atoms with E-state index in [1.165, 1.54) is 12.3 Å². The SMILES string of the molecule is Nc1c2c(F)cccc2nc2coc(O)c12. The molecule has 0 aliphatic heterocycles. The molecule has 0 aliphatic carbocycles. The van der Waals surface area contributed by atoms with E-state index in [1.807, 2.05) is 0 Å². The van der Waals surface area contributed by atoms with Crippen LogP contribution in [0.4, 0.5) is 10.1 Å². The Balaban J connectivity index is 2.64. The van der Waals surface area contributed by atoms with Gasteiger partial charge < -0.3 is 15.3 Å². The number of hydrogen-bond donors (Lipinski definition) is 2. The van der Waals surface area contributed by atoms with Crippen molar-refractivity contribution in [2.24, 2.45) is 0 Å². The van der Waals surface area contributed by atoms with Crippen LogP contribution in [0.15, 0.2) is 28.9 Å². The molecule has 0 spiro atoms. The first-order chi connectivity index (χ1) is 7.68. The lowest BCUT2D eigenvalue weighted by Crippen LogP contribution is -1.93. The first-order valence-electron chi connectivity index (χ1n) is 4.62. The zero-order valence-electron chi connectivity index (χ0n) is 8.07. The van der Waals surface area contributed by atoms with Gasteiger partial charge in [-0.2, -0.15) is 0 Å². The first-order valence-corrected chi connectivity index (χ1v) is 4.62. The van der Waals surface area contributed by atoms with Crippen LogP contribution in [0.5, 0.6) is 5.95 Å². The molecule has 2 heterocycles. The molecule has 0 bridgehead atoms. The summed E-state index contributed by atoms with van der Waals surface area (Å²) in [6.45, 7) is 0. The van der Waals surface area contributed by atoms with Crippen LogP contribution >= 0.6 is 0 Å². The van der Waals surface area contributed by atoms with Crippen molar-refractivity contribution < 1.29 is 13.9 Å². The molecule has 2 aromatic heterocycles. The third-order valence-electron chi connectivity index (χ3n) is 2.52. The molecule has 3 N–H and O–H groups in total. The number of halogens is 1. The molecule has 1 aromatic carbocycles. The molecule has 5 heteroatoms. The van der Waals surface area contributed by atoms with Crippen molar-refractivity contribution in [3.05, 3.63) is 30.3 Å². The Labute approximate surface area is 89.1 Å². The molecule has 0 radical (unpaired) electrons. The smallest absolute Gasteiger partial charge is 0.293 e. The molecule has 3 rings (SSSR count). The van der Waals surface area contributed by atoms with Gasteiger partial charge in [0, 0.05) is 0 Å². The number of anilines is 1. The summed E-state index contributed by atoms with van der Waals surface area (Å²) in [4.78, 5) is 4.15. The summed E-state index contributed by atoms with van der Waals surface area (Å²) in [5.74, 6) is -0.810. The van der Waals surface area contributed by atoms with Crippen LogP contribution in [0, 0.1) is 5.82 Å². The number of nitrogens with two attached hydrogens (primary N) is 1. The van der Waals surface area contributed by atoms with Gasteiger partial charge in [-0.05, 0) is 12.1 Å². The van der Waals surface area contributed by atoms with E-state index < -0.39 is 5.82 Å². The standard InChI is InChI=1S/C11H7FN2O2/c12-5-2-1-3-6-8(5)10(13)9-7(14-6)4-16-11(9)15/h1-4,15H,13H2. The topological polar surface area (TPSA) is 72.3 Å². The lowest BCUT2D eigenvalue weighted by molar-refractivity contribution is 0.338. The predicted octanol–water partition coefficient (Wildman–Crippen LogP) is 2.41. The van der Waals surface area contributed by atoms with Crippen molar-refractivity contribution in [2.45, 2.75) is 0 Å². The van der Waals surface area contributed by atoms with Crippen LogP contribution in [-0.2, 0) is 0 Å². The van der Waals surface area contributed by atoms with Crippen molar-refractivity contribution in [3.8, 4) is 5.95 Å². The van der Waals surface area contributed by atoms with E-state index >= 15 is 0 Å². The van der Waals surface area contributed by atoms with Gasteiger partial charge in [0.2, 0.25) is 0 Å². The Hall–Kier alpha value is -2.30. The molecular formula is C11H7FN2O2. The van der Waals surface area contributed by atoms with Gasteiger partial charge >= 0.3 is 0 Å². The van der Waals surface area contributed by atoms with Crippen LogP contribution in [0.1, 0.15) is 0 Å². The molecule has 0 aliphatic rings. The van der Waals surface area contributed by atoms with Gasteiger partial charge in [0.25, 0.3) is 5.95 Å². The minimum absolute atomic E-state index is 0.143. The van der Waals surface area contributed by atoms with E-state index in [0.717, 1.165) is 0 Å². The lowest BCUT2D eigenvalue weighted by atomic mass is 10.1. The van der Waals surface area contributed by atoms with Crippen LogP contribution in [0.3, 0.4) is 0 Å². The molecule has 3 aromatic rings. The van der Waals surface area contributed by atoms with Gasteiger partial charge in [-0.3, -0.25) is 0 Å². The van der Waals surface area contributed by atoms with E-state index in [1.54, 1.807) is 12.1 Å². The highest BCUT2D eigenvalue weighted by atomic mass is 19.1. The van der Waals surface area contributed by atoms with Gasteiger partial charge in [0.05, 0.1) is 16.6 Å². The number of hydrogen-bond acceptors (Lipinski definition) is 4. The van der Waals surface area contributed by atoms with E-state index in [9.17, 15) is 9.50 Å². The number of nitrogen functional groups attached to an aromatic ring is 1. The summed E-state index contributed by atoms with van der Waals surface area (Å²) < 4.78 is 18.4. The molecule has 0 unspecified atom stereocenters. The molecule has 16 heavy (non-hydrogen) atoms. The van der Waals surface area contributed by atoms with Gasteiger partial charge in [-0.1, -0.05) is 6.07 Å². The Kier molecular flexibility index (Phi) is 1.60. The number of pyridine rings is 1. The van der Waals surface area contributed by atoms with Gasteiger partial charge in [-0.25, -0.2) is 9.37 Å². The van der Waals surface area contributed by atoms with Crippen molar-refractivity contribution in [3.63, 3.8) is 0 Å². The van der Waals surface area contributed by atoms with E-state index in [-0.39, 0.29) is 22.4 Å². The summed E-state index contributed by atoms with van der Waals surface area (Å²) in [7, 11) is 0. The minimum atomic E-state index is -0.468. The van der Waals surface area contributed by atoms with E-state index in [4.69, 9.17) is 10.2 Å². The van der Waals surface area contributed by atoms with Crippen molar-refractivity contribution in [1.82, 2.24) is 4.98 Å². The van der Waals surface area contributed by atoms with Crippen molar-refractivity contribution in [1.29, 1.82) is 0 Å². The highest BCUT2D eigenvalue weighted by Crippen LogP contribution is 2.36. The van der Waals surface area contributed by atoms with Crippen LogP contribution in [0.25, 0.3) is 21.8 Å². The summed E-state index contributed by atoms with van der Waals surface area (Å²) in [6, 6.07) is 4.50. The maximum absolute atomic E-state index is 13.6. The Morgan fingerprint density at radius 2 is 2.06 bits per heavy atom. The van der Waals surface area contributed by atoms with Gasteiger partial charge in [0.1, 0.15) is 23.0 Å². The molecule has 0 fully saturated rings. The van der Waals surface area contributed by atoms with Crippen molar-refractivity contribution in [2.75, 3.05) is 5.73 Å². The Morgan fingerprint density at radius 1 is 1.25 bits per heavy atom. The number of furan rings is 1. The third kappa shape index (κ3) is 0.995. The minimum Gasteiger partial charge on any atom is -0.480 e. The largest absolute Gasteiger partial charge is 0.480 e. The number of benzene rings is 1. The third-order valence-corrected chi connectivity index (χ3v) is 2.52. The normalized spacial score (nSPS) is 11.3. The van der Waals surface area contributed by atoms with Crippen LogP contribution in [-0.4, -0.2) is 10.1 Å². The number of rotatable bonds is 0.